The summed E-state index contributed by atoms with van der Waals surface area (Å²) in [5, 5.41) is 3.09. The fourth-order valence-electron chi connectivity index (χ4n) is 2.16. The summed E-state index contributed by atoms with van der Waals surface area (Å²) in [6.07, 6.45) is 0. The van der Waals surface area contributed by atoms with Crippen molar-refractivity contribution in [2.24, 2.45) is 0 Å². The molecule has 0 bridgehead atoms. The molecule has 0 aliphatic carbocycles. The maximum atomic E-state index is 11.5. The molecule has 3 nitrogen and oxygen atoms in total. The Bertz CT molecular complexity index is 427. The zero-order valence-corrected chi connectivity index (χ0v) is 9.50. The highest BCUT2D eigenvalue weighted by Gasteiger charge is 2.37. The smallest absolute Gasteiger partial charge is 0.152 e. The van der Waals surface area contributed by atoms with Gasteiger partial charge in [0.1, 0.15) is 0 Å². The Morgan fingerprint density at radius 1 is 1.20 bits per heavy atom. The van der Waals surface area contributed by atoms with Crippen molar-refractivity contribution in [1.29, 1.82) is 0 Å². The third-order valence-corrected chi connectivity index (χ3v) is 4.69. The van der Waals surface area contributed by atoms with Crippen LogP contribution >= 0.6 is 0 Å². The highest BCUT2D eigenvalue weighted by atomic mass is 32.2. The van der Waals surface area contributed by atoms with Crippen LogP contribution in [0.1, 0.15) is 11.5 Å². The molecule has 4 heteroatoms. The van der Waals surface area contributed by atoms with E-state index in [4.69, 9.17) is 0 Å². The summed E-state index contributed by atoms with van der Waals surface area (Å²) in [7, 11) is -1.05. The Kier molecular flexibility index (Phi) is 2.80. The molecule has 2 atom stereocenters. The number of likely N-dealkylation sites (N-methyl/N-ethyl adjacent to an activating group) is 1. The number of hydrogen-bond donors (Lipinski definition) is 1. The molecule has 1 N–H and O–H groups in total. The molecular weight excluding hydrogens is 210 g/mol. The molecule has 1 aliphatic rings. The number of rotatable bonds is 2. The second kappa shape index (κ2) is 3.94. The normalized spacial score (nSPS) is 29.1. The van der Waals surface area contributed by atoms with E-state index in [9.17, 15) is 8.42 Å². The van der Waals surface area contributed by atoms with E-state index < -0.39 is 9.84 Å². The topological polar surface area (TPSA) is 46.2 Å². The second-order valence-corrected chi connectivity index (χ2v) is 6.14. The van der Waals surface area contributed by atoms with Crippen LogP contribution in [0.5, 0.6) is 0 Å². The summed E-state index contributed by atoms with van der Waals surface area (Å²) in [6.45, 7) is 0. The number of nitrogens with one attached hydrogen (secondary N) is 1. The maximum Gasteiger partial charge on any atom is 0.152 e. The van der Waals surface area contributed by atoms with Gasteiger partial charge in [-0.3, -0.25) is 0 Å². The molecule has 0 unspecified atom stereocenters. The van der Waals surface area contributed by atoms with E-state index in [-0.39, 0.29) is 23.5 Å². The van der Waals surface area contributed by atoms with Gasteiger partial charge < -0.3 is 5.32 Å². The Balaban J connectivity index is 2.30. The van der Waals surface area contributed by atoms with Crippen molar-refractivity contribution in [2.45, 2.75) is 12.0 Å². The summed E-state index contributed by atoms with van der Waals surface area (Å²) >= 11 is 0. The molecule has 1 fully saturated rings. The van der Waals surface area contributed by atoms with Crippen LogP contribution in [0.3, 0.4) is 0 Å². The van der Waals surface area contributed by atoms with Crippen molar-refractivity contribution in [3.05, 3.63) is 35.9 Å². The zero-order valence-electron chi connectivity index (χ0n) is 8.68. The largest absolute Gasteiger partial charge is 0.315 e. The number of benzene rings is 1. The SMILES string of the molecule is CN[C@@H]1CS(=O)(=O)C[C@@H]1c1ccccc1. The zero-order chi connectivity index (χ0) is 10.9. The van der Waals surface area contributed by atoms with Gasteiger partial charge >= 0.3 is 0 Å². The molecule has 0 saturated carbocycles. The second-order valence-electron chi connectivity index (χ2n) is 3.99. The van der Waals surface area contributed by atoms with Gasteiger partial charge in [0, 0.05) is 12.0 Å². The van der Waals surface area contributed by atoms with Gasteiger partial charge in [-0.15, -0.1) is 0 Å². The van der Waals surface area contributed by atoms with E-state index in [0.29, 0.717) is 0 Å². The highest BCUT2D eigenvalue weighted by Crippen LogP contribution is 2.28. The number of hydrogen-bond acceptors (Lipinski definition) is 3. The van der Waals surface area contributed by atoms with Gasteiger partial charge in [-0.2, -0.15) is 0 Å². The summed E-state index contributed by atoms with van der Waals surface area (Å²) in [5.74, 6) is 0.618. The van der Waals surface area contributed by atoms with Crippen molar-refractivity contribution in [2.75, 3.05) is 18.6 Å². The molecular formula is C11H15NO2S. The van der Waals surface area contributed by atoms with Gasteiger partial charge in [-0.1, -0.05) is 30.3 Å². The third kappa shape index (κ3) is 2.21. The minimum atomic E-state index is -2.87. The van der Waals surface area contributed by atoms with E-state index in [0.717, 1.165) is 5.56 Å². The fraction of sp³-hybridized carbons (Fsp3) is 0.455. The van der Waals surface area contributed by atoms with Crippen LogP contribution in [0, 0.1) is 0 Å². The van der Waals surface area contributed by atoms with Gasteiger partial charge in [-0.05, 0) is 12.6 Å². The molecule has 1 heterocycles. The van der Waals surface area contributed by atoms with E-state index in [1.54, 1.807) is 0 Å². The van der Waals surface area contributed by atoms with E-state index in [2.05, 4.69) is 5.32 Å². The summed E-state index contributed by atoms with van der Waals surface area (Å²) in [6, 6.07) is 9.89. The Morgan fingerprint density at radius 3 is 2.47 bits per heavy atom. The van der Waals surface area contributed by atoms with Crippen LogP contribution in [0.15, 0.2) is 30.3 Å². The van der Waals surface area contributed by atoms with E-state index in [1.807, 2.05) is 37.4 Å². The van der Waals surface area contributed by atoms with Crippen LogP contribution in [-0.4, -0.2) is 33.0 Å². The molecule has 0 spiro atoms. The van der Waals surface area contributed by atoms with E-state index in [1.165, 1.54) is 0 Å². The van der Waals surface area contributed by atoms with Crippen molar-refractivity contribution in [3.8, 4) is 0 Å². The van der Waals surface area contributed by atoms with Gasteiger partial charge in [0.2, 0.25) is 0 Å². The van der Waals surface area contributed by atoms with Gasteiger partial charge in [0.15, 0.2) is 9.84 Å². The lowest BCUT2D eigenvalue weighted by Crippen LogP contribution is -2.31. The quantitative estimate of drug-likeness (QED) is 0.809. The van der Waals surface area contributed by atoms with Crippen LogP contribution in [-0.2, 0) is 9.84 Å². The first-order chi connectivity index (χ1) is 7.12. The molecule has 1 aromatic rings. The molecule has 1 aliphatic heterocycles. The molecule has 1 saturated heterocycles. The lowest BCUT2D eigenvalue weighted by atomic mass is 9.95. The first-order valence-corrected chi connectivity index (χ1v) is 6.87. The molecule has 2 rings (SSSR count). The molecule has 82 valence electrons. The molecule has 0 radical (unpaired) electrons. The van der Waals surface area contributed by atoms with Crippen molar-refractivity contribution < 1.29 is 8.42 Å². The van der Waals surface area contributed by atoms with Crippen LogP contribution in [0.25, 0.3) is 0 Å². The highest BCUT2D eigenvalue weighted by molar-refractivity contribution is 7.91. The van der Waals surface area contributed by atoms with E-state index >= 15 is 0 Å². The Morgan fingerprint density at radius 2 is 1.87 bits per heavy atom. The fourth-order valence-corrected chi connectivity index (χ4v) is 4.21. The Labute approximate surface area is 90.4 Å². The van der Waals surface area contributed by atoms with Crippen molar-refractivity contribution in [3.63, 3.8) is 0 Å². The first kappa shape index (κ1) is 10.6. The predicted octanol–water partition coefficient (Wildman–Crippen LogP) is 0.787. The van der Waals surface area contributed by atoms with Gasteiger partial charge in [0.05, 0.1) is 11.5 Å². The van der Waals surface area contributed by atoms with Crippen molar-refractivity contribution >= 4 is 9.84 Å². The number of sulfone groups is 1. The molecule has 1 aromatic carbocycles. The van der Waals surface area contributed by atoms with Crippen LogP contribution < -0.4 is 5.32 Å². The summed E-state index contributed by atoms with van der Waals surface area (Å²) < 4.78 is 23.1. The third-order valence-electron chi connectivity index (χ3n) is 2.95. The lowest BCUT2D eigenvalue weighted by molar-refractivity contribution is 0.555. The van der Waals surface area contributed by atoms with Crippen molar-refractivity contribution in [1.82, 2.24) is 5.32 Å². The monoisotopic (exact) mass is 225 g/mol. The molecule has 15 heavy (non-hydrogen) atoms. The maximum absolute atomic E-state index is 11.5. The predicted molar refractivity (Wildman–Crippen MR) is 60.7 cm³/mol. The average molecular weight is 225 g/mol. The lowest BCUT2D eigenvalue weighted by Gasteiger charge is -2.17. The standard InChI is InChI=1S/C11H15NO2S/c1-12-11-8-15(13,14)7-10(11)9-5-3-2-4-6-9/h2-6,10-12H,7-8H2,1H3/t10-,11-/m1/s1. The summed E-state index contributed by atoms with van der Waals surface area (Å²) in [4.78, 5) is 0. The Hall–Kier alpha value is -0.870. The van der Waals surface area contributed by atoms with Gasteiger partial charge in [0.25, 0.3) is 0 Å². The molecule has 0 aromatic heterocycles. The molecule has 0 amide bonds. The van der Waals surface area contributed by atoms with Crippen LogP contribution in [0.2, 0.25) is 0 Å². The average Bonchev–Trinajstić information content (AvgIpc) is 2.55. The minimum Gasteiger partial charge on any atom is -0.315 e. The minimum absolute atomic E-state index is 0.0531. The first-order valence-electron chi connectivity index (χ1n) is 5.05. The van der Waals surface area contributed by atoms with Crippen LogP contribution in [0.4, 0.5) is 0 Å². The van der Waals surface area contributed by atoms with Gasteiger partial charge in [-0.25, -0.2) is 8.42 Å². The summed E-state index contributed by atoms with van der Waals surface area (Å²) in [5.41, 5.74) is 1.11.